The highest BCUT2D eigenvalue weighted by atomic mass is 79.9. The molecule has 7 heteroatoms. The van der Waals surface area contributed by atoms with Crippen LogP contribution in [0.15, 0.2) is 45.5 Å². The van der Waals surface area contributed by atoms with Crippen molar-refractivity contribution < 1.29 is 4.92 Å². The Morgan fingerprint density at radius 1 is 1.22 bits per heavy atom. The minimum absolute atomic E-state index is 0.0793. The summed E-state index contributed by atoms with van der Waals surface area (Å²) in [5.41, 5.74) is 0.645. The molecule has 0 aliphatic rings. The van der Waals surface area contributed by atoms with Gasteiger partial charge >= 0.3 is 5.69 Å². The number of hydrogen-bond donors (Lipinski definition) is 1. The highest BCUT2D eigenvalue weighted by Crippen LogP contribution is 2.28. The van der Waals surface area contributed by atoms with Crippen LogP contribution in [0, 0.1) is 10.1 Å². The molecule has 0 saturated heterocycles. The summed E-state index contributed by atoms with van der Waals surface area (Å²) in [6, 6.07) is 8.73. The van der Waals surface area contributed by atoms with E-state index in [0.29, 0.717) is 4.47 Å². The summed E-state index contributed by atoms with van der Waals surface area (Å²) in [4.78, 5) is 14.5. The molecule has 0 bridgehead atoms. The number of nitro groups is 1. The van der Waals surface area contributed by atoms with Crippen molar-refractivity contribution in [3.05, 3.63) is 55.6 Å². The molecular weight excluding hydrogens is 366 g/mol. The van der Waals surface area contributed by atoms with Crippen molar-refractivity contribution in [2.45, 2.75) is 0 Å². The SMILES string of the molecule is O=[N+]([O-])c1cc(Br)cnc1Nc1cccc(Br)c1. The molecule has 92 valence electrons. The Balaban J connectivity index is 2.37. The lowest BCUT2D eigenvalue weighted by atomic mass is 10.3. The van der Waals surface area contributed by atoms with Crippen LogP contribution < -0.4 is 5.32 Å². The van der Waals surface area contributed by atoms with Crippen molar-refractivity contribution >= 4 is 49.1 Å². The molecule has 0 aliphatic heterocycles. The Morgan fingerprint density at radius 2 is 2.00 bits per heavy atom. The van der Waals surface area contributed by atoms with Crippen LogP contribution in [0.5, 0.6) is 0 Å². The fourth-order valence-electron chi connectivity index (χ4n) is 1.37. The summed E-state index contributed by atoms with van der Waals surface area (Å²) in [7, 11) is 0. The molecule has 1 aromatic heterocycles. The standard InChI is InChI=1S/C11H7Br2N3O2/c12-7-2-1-3-9(4-7)15-11-10(16(17)18)5-8(13)6-14-11/h1-6H,(H,14,15). The van der Waals surface area contributed by atoms with Crippen molar-refractivity contribution in [3.8, 4) is 0 Å². The number of pyridine rings is 1. The topological polar surface area (TPSA) is 68.1 Å². The second-order valence-electron chi connectivity index (χ2n) is 3.41. The summed E-state index contributed by atoms with van der Waals surface area (Å²) in [6.07, 6.45) is 1.51. The fraction of sp³-hybridized carbons (Fsp3) is 0. The number of aromatic nitrogens is 1. The molecule has 0 saturated carbocycles. The summed E-state index contributed by atoms with van der Waals surface area (Å²) in [5.74, 6) is 0.210. The van der Waals surface area contributed by atoms with Gasteiger partial charge in [0.05, 0.1) is 4.92 Å². The smallest absolute Gasteiger partial charge is 0.312 e. The number of rotatable bonds is 3. The second-order valence-corrected chi connectivity index (χ2v) is 5.25. The van der Waals surface area contributed by atoms with E-state index in [0.717, 1.165) is 10.2 Å². The third kappa shape index (κ3) is 3.05. The molecule has 1 aromatic carbocycles. The lowest BCUT2D eigenvalue weighted by molar-refractivity contribution is -0.384. The quantitative estimate of drug-likeness (QED) is 0.645. The van der Waals surface area contributed by atoms with Crippen LogP contribution in [-0.4, -0.2) is 9.91 Å². The Bertz CT molecular complexity index is 605. The van der Waals surface area contributed by atoms with Gasteiger partial charge in [0.2, 0.25) is 5.82 Å². The minimum atomic E-state index is -0.474. The van der Waals surface area contributed by atoms with Crippen LogP contribution in [0.4, 0.5) is 17.2 Å². The maximum atomic E-state index is 10.9. The molecule has 0 fully saturated rings. The fourth-order valence-corrected chi connectivity index (χ4v) is 2.09. The maximum absolute atomic E-state index is 10.9. The maximum Gasteiger partial charge on any atom is 0.312 e. The Labute approximate surface area is 120 Å². The van der Waals surface area contributed by atoms with Crippen LogP contribution in [0.2, 0.25) is 0 Å². The number of nitrogens with one attached hydrogen (secondary N) is 1. The molecule has 0 radical (unpaired) electrons. The zero-order valence-electron chi connectivity index (χ0n) is 8.93. The molecule has 0 spiro atoms. The number of nitrogens with zero attached hydrogens (tertiary/aromatic N) is 2. The van der Waals surface area contributed by atoms with E-state index in [1.807, 2.05) is 18.2 Å². The van der Waals surface area contributed by atoms with Crippen LogP contribution in [-0.2, 0) is 0 Å². The first-order valence-electron chi connectivity index (χ1n) is 4.89. The molecule has 1 N–H and O–H groups in total. The van der Waals surface area contributed by atoms with Crippen LogP contribution in [0.25, 0.3) is 0 Å². The molecule has 0 amide bonds. The van der Waals surface area contributed by atoms with Crippen molar-refractivity contribution in [2.24, 2.45) is 0 Å². The predicted octanol–water partition coefficient (Wildman–Crippen LogP) is 4.26. The number of anilines is 2. The van der Waals surface area contributed by atoms with Crippen molar-refractivity contribution in [1.82, 2.24) is 4.98 Å². The lowest BCUT2D eigenvalue weighted by Gasteiger charge is -2.06. The third-order valence-electron chi connectivity index (χ3n) is 2.12. The van der Waals surface area contributed by atoms with Crippen molar-refractivity contribution in [1.29, 1.82) is 0 Å². The molecule has 2 rings (SSSR count). The van der Waals surface area contributed by atoms with E-state index >= 15 is 0 Å². The molecule has 0 unspecified atom stereocenters. The van der Waals surface area contributed by atoms with Gasteiger partial charge in [-0.25, -0.2) is 4.98 Å². The molecule has 2 aromatic rings. The van der Waals surface area contributed by atoms with E-state index in [-0.39, 0.29) is 11.5 Å². The first-order valence-corrected chi connectivity index (χ1v) is 6.47. The van der Waals surface area contributed by atoms with Crippen molar-refractivity contribution in [3.63, 3.8) is 0 Å². The van der Waals surface area contributed by atoms with E-state index in [1.165, 1.54) is 12.3 Å². The van der Waals surface area contributed by atoms with Crippen LogP contribution in [0.1, 0.15) is 0 Å². The number of hydrogen-bond acceptors (Lipinski definition) is 4. The zero-order valence-corrected chi connectivity index (χ0v) is 12.1. The second kappa shape index (κ2) is 5.45. The number of benzene rings is 1. The van der Waals surface area contributed by atoms with Gasteiger partial charge in [-0.1, -0.05) is 22.0 Å². The summed E-state index contributed by atoms with van der Waals surface area (Å²) in [5, 5.41) is 13.8. The Morgan fingerprint density at radius 3 is 2.67 bits per heavy atom. The minimum Gasteiger partial charge on any atom is -0.334 e. The largest absolute Gasteiger partial charge is 0.334 e. The van der Waals surface area contributed by atoms with E-state index in [4.69, 9.17) is 0 Å². The first kappa shape index (κ1) is 13.0. The monoisotopic (exact) mass is 371 g/mol. The van der Waals surface area contributed by atoms with Gasteiger partial charge < -0.3 is 5.32 Å². The highest BCUT2D eigenvalue weighted by molar-refractivity contribution is 9.10. The van der Waals surface area contributed by atoms with Crippen LogP contribution >= 0.6 is 31.9 Å². The molecule has 0 atom stereocenters. The van der Waals surface area contributed by atoms with Crippen LogP contribution in [0.3, 0.4) is 0 Å². The van der Waals surface area contributed by atoms with E-state index in [2.05, 4.69) is 42.2 Å². The third-order valence-corrected chi connectivity index (χ3v) is 3.05. The molecule has 1 heterocycles. The van der Waals surface area contributed by atoms with Gasteiger partial charge in [-0.3, -0.25) is 10.1 Å². The molecule has 18 heavy (non-hydrogen) atoms. The average Bonchev–Trinajstić information content (AvgIpc) is 2.31. The van der Waals surface area contributed by atoms with Gasteiger partial charge in [0.15, 0.2) is 0 Å². The molecule has 5 nitrogen and oxygen atoms in total. The van der Waals surface area contributed by atoms with Crippen molar-refractivity contribution in [2.75, 3.05) is 5.32 Å². The normalized spacial score (nSPS) is 10.1. The lowest BCUT2D eigenvalue weighted by Crippen LogP contribution is -1.99. The summed E-state index contributed by atoms with van der Waals surface area (Å²) >= 11 is 6.49. The van der Waals surface area contributed by atoms with Gasteiger partial charge in [0, 0.05) is 26.9 Å². The zero-order chi connectivity index (χ0) is 13.1. The van der Waals surface area contributed by atoms with E-state index in [1.54, 1.807) is 6.07 Å². The average molecular weight is 373 g/mol. The highest BCUT2D eigenvalue weighted by Gasteiger charge is 2.15. The van der Waals surface area contributed by atoms with E-state index < -0.39 is 4.92 Å². The number of halogens is 2. The molecule has 0 aliphatic carbocycles. The first-order chi connectivity index (χ1) is 8.56. The van der Waals surface area contributed by atoms with Gasteiger partial charge in [0.1, 0.15) is 0 Å². The van der Waals surface area contributed by atoms with Gasteiger partial charge in [-0.2, -0.15) is 0 Å². The van der Waals surface area contributed by atoms with E-state index in [9.17, 15) is 10.1 Å². The predicted molar refractivity (Wildman–Crippen MR) is 76.0 cm³/mol. The van der Waals surface area contributed by atoms with Gasteiger partial charge in [0.25, 0.3) is 0 Å². The Kier molecular flexibility index (Phi) is 3.93. The summed E-state index contributed by atoms with van der Waals surface area (Å²) < 4.78 is 1.45. The molecular formula is C11H7Br2N3O2. The summed E-state index contributed by atoms with van der Waals surface area (Å²) in [6.45, 7) is 0. The van der Waals surface area contributed by atoms with Gasteiger partial charge in [-0.05, 0) is 34.1 Å². The Hall–Kier alpha value is -1.47. The van der Waals surface area contributed by atoms with Gasteiger partial charge in [-0.15, -0.1) is 0 Å².